The highest BCUT2D eigenvalue weighted by Gasteiger charge is 2.25. The maximum Gasteiger partial charge on any atom is 0.339 e. The monoisotopic (exact) mass is 551 g/mol. The number of ether oxygens (including phenoxy) is 1. The molecule has 4 aromatic rings. The molecule has 0 N–H and O–H groups in total. The number of carbonyl (C=O) groups excluding carboxylic acids is 2. The summed E-state index contributed by atoms with van der Waals surface area (Å²) in [5.74, 6) is -0.765. The third kappa shape index (κ3) is 4.81. The van der Waals surface area contributed by atoms with E-state index in [1.807, 2.05) is 55.5 Å². The molecule has 0 fully saturated rings. The fraction of sp³-hybridized carbons (Fsp3) is 0.115. The van der Waals surface area contributed by atoms with Gasteiger partial charge < -0.3 is 4.74 Å². The van der Waals surface area contributed by atoms with Crippen LogP contribution in [0, 0.1) is 0 Å². The zero-order valence-electron chi connectivity index (χ0n) is 17.2. The standard InChI is InChI=1S/C26H19Br2NO3/c1-2-24(25(30)17-6-4-3-5-7-17)32-26(31)21-15-23(16-8-10-18(27)11-9-16)29-22-13-12-19(28)14-20(21)22/h3-15,24H,2H2,1H3. The number of esters is 1. The molecule has 6 heteroatoms. The summed E-state index contributed by atoms with van der Waals surface area (Å²) < 4.78 is 7.50. The summed E-state index contributed by atoms with van der Waals surface area (Å²) in [7, 11) is 0. The molecule has 1 unspecified atom stereocenters. The first kappa shape index (κ1) is 22.4. The molecular weight excluding hydrogens is 534 g/mol. The number of ketones is 1. The lowest BCUT2D eigenvalue weighted by atomic mass is 10.0. The van der Waals surface area contributed by atoms with E-state index in [2.05, 4.69) is 31.9 Å². The van der Waals surface area contributed by atoms with Gasteiger partial charge in [-0.3, -0.25) is 4.79 Å². The maximum absolute atomic E-state index is 13.3. The fourth-order valence-electron chi connectivity index (χ4n) is 3.44. The van der Waals surface area contributed by atoms with Gasteiger partial charge in [-0.1, -0.05) is 81.2 Å². The summed E-state index contributed by atoms with van der Waals surface area (Å²) in [5, 5.41) is 0.659. The van der Waals surface area contributed by atoms with Crippen LogP contribution < -0.4 is 0 Å². The van der Waals surface area contributed by atoms with E-state index in [9.17, 15) is 9.59 Å². The number of rotatable bonds is 6. The van der Waals surface area contributed by atoms with Gasteiger partial charge in [0.1, 0.15) is 0 Å². The summed E-state index contributed by atoms with van der Waals surface area (Å²) in [6.07, 6.45) is -0.484. The van der Waals surface area contributed by atoms with Crippen LogP contribution in [-0.2, 0) is 4.74 Å². The number of carbonyl (C=O) groups is 2. The van der Waals surface area contributed by atoms with Crippen molar-refractivity contribution in [3.05, 3.63) is 98.9 Å². The topological polar surface area (TPSA) is 56.3 Å². The van der Waals surface area contributed by atoms with Crippen molar-refractivity contribution < 1.29 is 14.3 Å². The van der Waals surface area contributed by atoms with Gasteiger partial charge in [0.2, 0.25) is 5.78 Å². The van der Waals surface area contributed by atoms with Crippen molar-refractivity contribution >= 4 is 54.5 Å². The van der Waals surface area contributed by atoms with Gasteiger partial charge >= 0.3 is 5.97 Å². The third-order valence-corrected chi connectivity index (χ3v) is 6.12. The van der Waals surface area contributed by atoms with E-state index in [4.69, 9.17) is 9.72 Å². The van der Waals surface area contributed by atoms with Crippen LogP contribution >= 0.6 is 31.9 Å². The van der Waals surface area contributed by atoms with Crippen LogP contribution in [0.4, 0.5) is 0 Å². The van der Waals surface area contributed by atoms with Gasteiger partial charge in [0.15, 0.2) is 6.10 Å². The highest BCUT2D eigenvalue weighted by atomic mass is 79.9. The molecule has 0 aliphatic heterocycles. The average molecular weight is 553 g/mol. The van der Waals surface area contributed by atoms with Gasteiger partial charge in [0, 0.05) is 25.5 Å². The first-order valence-electron chi connectivity index (χ1n) is 10.1. The lowest BCUT2D eigenvalue weighted by molar-refractivity contribution is 0.0279. The number of hydrogen-bond acceptors (Lipinski definition) is 4. The zero-order chi connectivity index (χ0) is 22.7. The van der Waals surface area contributed by atoms with E-state index < -0.39 is 12.1 Å². The Kier molecular flexibility index (Phi) is 6.82. The van der Waals surface area contributed by atoms with Crippen LogP contribution in [0.1, 0.15) is 34.1 Å². The van der Waals surface area contributed by atoms with Crippen LogP contribution in [0.5, 0.6) is 0 Å². The Morgan fingerprint density at radius 1 is 0.906 bits per heavy atom. The Hall–Kier alpha value is -2.83. The molecule has 0 amide bonds. The molecule has 0 saturated carbocycles. The minimum absolute atomic E-state index is 0.214. The van der Waals surface area contributed by atoms with Gasteiger partial charge in [0.05, 0.1) is 16.8 Å². The van der Waals surface area contributed by atoms with E-state index in [-0.39, 0.29) is 5.78 Å². The van der Waals surface area contributed by atoms with Crippen LogP contribution in [0.2, 0.25) is 0 Å². The second-order valence-electron chi connectivity index (χ2n) is 7.26. The predicted molar refractivity (Wildman–Crippen MR) is 133 cm³/mol. The number of fused-ring (bicyclic) bond motifs is 1. The molecule has 3 aromatic carbocycles. The van der Waals surface area contributed by atoms with Gasteiger partial charge in [-0.15, -0.1) is 0 Å². The minimum Gasteiger partial charge on any atom is -0.450 e. The number of pyridine rings is 1. The molecule has 0 saturated heterocycles. The van der Waals surface area contributed by atoms with E-state index in [0.29, 0.717) is 34.1 Å². The molecule has 0 bridgehead atoms. The van der Waals surface area contributed by atoms with E-state index in [1.54, 1.807) is 30.3 Å². The summed E-state index contributed by atoms with van der Waals surface area (Å²) in [6, 6.07) is 23.9. The van der Waals surface area contributed by atoms with Crippen molar-refractivity contribution in [2.24, 2.45) is 0 Å². The molecule has 4 rings (SSSR count). The Balaban J connectivity index is 1.74. The Morgan fingerprint density at radius 2 is 1.59 bits per heavy atom. The quantitative estimate of drug-likeness (QED) is 0.187. The summed E-state index contributed by atoms with van der Waals surface area (Å²) in [6.45, 7) is 1.83. The van der Waals surface area contributed by atoms with Gasteiger partial charge in [0.25, 0.3) is 0 Å². The highest BCUT2D eigenvalue weighted by molar-refractivity contribution is 9.10. The third-order valence-electron chi connectivity index (χ3n) is 5.10. The lowest BCUT2D eigenvalue weighted by Gasteiger charge is -2.17. The highest BCUT2D eigenvalue weighted by Crippen LogP contribution is 2.29. The molecule has 1 heterocycles. The van der Waals surface area contributed by atoms with E-state index in [1.165, 1.54) is 0 Å². The van der Waals surface area contributed by atoms with Crippen LogP contribution in [-0.4, -0.2) is 22.8 Å². The first-order valence-corrected chi connectivity index (χ1v) is 11.7. The number of benzene rings is 3. The fourth-order valence-corrected chi connectivity index (χ4v) is 4.06. The van der Waals surface area contributed by atoms with E-state index in [0.717, 1.165) is 14.5 Å². The molecule has 4 nitrogen and oxygen atoms in total. The van der Waals surface area contributed by atoms with Crippen molar-refractivity contribution in [1.82, 2.24) is 4.98 Å². The number of Topliss-reactive ketones (excluding diaryl/α,β-unsaturated/α-hetero) is 1. The van der Waals surface area contributed by atoms with Crippen molar-refractivity contribution in [2.75, 3.05) is 0 Å². The molecule has 0 aliphatic carbocycles. The first-order chi connectivity index (χ1) is 15.5. The van der Waals surface area contributed by atoms with Gasteiger partial charge in [-0.2, -0.15) is 0 Å². The number of aromatic nitrogens is 1. The summed E-state index contributed by atoms with van der Waals surface area (Å²) in [5.41, 5.74) is 3.09. The van der Waals surface area contributed by atoms with Crippen molar-refractivity contribution in [3.63, 3.8) is 0 Å². The van der Waals surface area contributed by atoms with Crippen molar-refractivity contribution in [3.8, 4) is 11.3 Å². The Bertz CT molecular complexity index is 1290. The second-order valence-corrected chi connectivity index (χ2v) is 9.09. The SMILES string of the molecule is CCC(OC(=O)c1cc(-c2ccc(Br)cc2)nc2ccc(Br)cc12)C(=O)c1ccccc1. The normalized spacial score (nSPS) is 11.8. The molecule has 0 radical (unpaired) electrons. The smallest absolute Gasteiger partial charge is 0.339 e. The second kappa shape index (κ2) is 9.76. The molecule has 0 aliphatic rings. The molecule has 1 aromatic heterocycles. The van der Waals surface area contributed by atoms with Crippen molar-refractivity contribution in [2.45, 2.75) is 19.4 Å². The predicted octanol–water partition coefficient (Wildman–Crippen LogP) is 7.25. The van der Waals surface area contributed by atoms with Gasteiger partial charge in [-0.05, 0) is 42.8 Å². The summed E-state index contributed by atoms with van der Waals surface area (Å²) in [4.78, 5) is 30.9. The number of nitrogens with zero attached hydrogens (tertiary/aromatic N) is 1. The van der Waals surface area contributed by atoms with Crippen LogP contribution in [0.15, 0.2) is 87.8 Å². The van der Waals surface area contributed by atoms with E-state index >= 15 is 0 Å². The average Bonchev–Trinajstić information content (AvgIpc) is 2.82. The summed E-state index contributed by atoms with van der Waals surface area (Å²) >= 11 is 6.91. The Morgan fingerprint density at radius 3 is 2.28 bits per heavy atom. The molecule has 32 heavy (non-hydrogen) atoms. The van der Waals surface area contributed by atoms with Gasteiger partial charge in [-0.25, -0.2) is 9.78 Å². The van der Waals surface area contributed by atoms with Crippen LogP contribution in [0.3, 0.4) is 0 Å². The molecule has 160 valence electrons. The maximum atomic E-state index is 13.3. The molecule has 1 atom stereocenters. The largest absolute Gasteiger partial charge is 0.450 e. The lowest BCUT2D eigenvalue weighted by Crippen LogP contribution is -2.27. The number of halogens is 2. The van der Waals surface area contributed by atoms with Crippen LogP contribution in [0.25, 0.3) is 22.2 Å². The van der Waals surface area contributed by atoms with Crippen molar-refractivity contribution in [1.29, 1.82) is 0 Å². The number of hydrogen-bond donors (Lipinski definition) is 0. The minimum atomic E-state index is -0.864. The molecular formula is C26H19Br2NO3. The Labute approximate surface area is 202 Å². The molecule has 0 spiro atoms. The zero-order valence-corrected chi connectivity index (χ0v) is 20.4.